The molecule has 0 aromatic carbocycles. The summed E-state index contributed by atoms with van der Waals surface area (Å²) < 4.78 is 1.10. The van der Waals surface area contributed by atoms with Gasteiger partial charge in [-0.1, -0.05) is 5.21 Å². The molecule has 2 N–H and O–H groups in total. The van der Waals surface area contributed by atoms with Crippen LogP contribution >= 0.6 is 0 Å². The molecule has 1 aliphatic heterocycles. The third-order valence-electron chi connectivity index (χ3n) is 3.45. The number of hydrogen-bond donors (Lipinski definition) is 2. The molecule has 9 heteroatoms. The number of carbonyl (C=O) groups excluding carboxylic acids is 2. The zero-order chi connectivity index (χ0) is 15.4. The summed E-state index contributed by atoms with van der Waals surface area (Å²) in [5, 5.41) is 18.6. The van der Waals surface area contributed by atoms with Crippen molar-refractivity contribution in [3.05, 3.63) is 11.9 Å². The van der Waals surface area contributed by atoms with Crippen molar-refractivity contribution in [1.29, 1.82) is 0 Å². The van der Waals surface area contributed by atoms with Crippen molar-refractivity contribution in [2.75, 3.05) is 20.1 Å². The minimum absolute atomic E-state index is 0.00509. The molecule has 21 heavy (non-hydrogen) atoms. The second-order valence-electron chi connectivity index (χ2n) is 4.88. The molecule has 1 saturated heterocycles. The average Bonchev–Trinajstić information content (AvgIpc) is 2.93. The Labute approximate surface area is 120 Å². The molecule has 0 unspecified atom stereocenters. The van der Waals surface area contributed by atoms with E-state index in [1.54, 1.807) is 11.9 Å². The molecule has 0 saturated carbocycles. The summed E-state index contributed by atoms with van der Waals surface area (Å²) in [6.45, 7) is 0.616. The molecule has 0 aliphatic carbocycles. The van der Waals surface area contributed by atoms with Gasteiger partial charge in [0.05, 0.1) is 6.20 Å². The number of carboxylic acid groups (broad SMARTS) is 1. The van der Waals surface area contributed by atoms with Crippen LogP contribution in [-0.4, -0.2) is 62.9 Å². The minimum Gasteiger partial charge on any atom is -0.480 e. The smallest absolute Gasteiger partial charge is 0.325 e. The maximum absolute atomic E-state index is 12.2. The van der Waals surface area contributed by atoms with Gasteiger partial charge in [-0.25, -0.2) is 4.68 Å². The molecule has 0 bridgehead atoms. The van der Waals surface area contributed by atoms with E-state index in [2.05, 4.69) is 15.6 Å². The number of aliphatic carboxylic acids is 1. The number of carbonyl (C=O) groups is 3. The highest BCUT2D eigenvalue weighted by Gasteiger charge is 2.28. The normalized spacial score (nSPS) is 15.8. The van der Waals surface area contributed by atoms with E-state index in [1.807, 2.05) is 0 Å². The Balaban J connectivity index is 1.94. The number of carboxylic acids is 1. The van der Waals surface area contributed by atoms with Gasteiger partial charge in [0, 0.05) is 26.1 Å². The van der Waals surface area contributed by atoms with Crippen molar-refractivity contribution in [2.24, 2.45) is 5.92 Å². The summed E-state index contributed by atoms with van der Waals surface area (Å²) in [5.74, 6) is -1.41. The van der Waals surface area contributed by atoms with Crippen LogP contribution < -0.4 is 5.32 Å². The lowest BCUT2D eigenvalue weighted by Crippen LogP contribution is -2.42. The van der Waals surface area contributed by atoms with Crippen molar-refractivity contribution in [3.8, 4) is 0 Å². The molecule has 1 aromatic heterocycles. The van der Waals surface area contributed by atoms with Gasteiger partial charge >= 0.3 is 5.97 Å². The quantitative estimate of drug-likeness (QED) is 0.732. The Morgan fingerprint density at radius 1 is 1.38 bits per heavy atom. The lowest BCUT2D eigenvalue weighted by molar-refractivity contribution is -0.138. The number of rotatable bonds is 4. The number of aromatic nitrogens is 3. The van der Waals surface area contributed by atoms with Gasteiger partial charge in [0.2, 0.25) is 5.91 Å². The van der Waals surface area contributed by atoms with Crippen molar-refractivity contribution in [1.82, 2.24) is 25.2 Å². The van der Waals surface area contributed by atoms with E-state index >= 15 is 0 Å². The number of piperidine rings is 1. The Morgan fingerprint density at radius 3 is 2.62 bits per heavy atom. The highest BCUT2D eigenvalue weighted by Crippen LogP contribution is 2.18. The van der Waals surface area contributed by atoms with E-state index in [9.17, 15) is 14.4 Å². The van der Waals surface area contributed by atoms with Gasteiger partial charge in [0.1, 0.15) is 6.54 Å². The second-order valence-corrected chi connectivity index (χ2v) is 4.88. The van der Waals surface area contributed by atoms with E-state index in [0.717, 1.165) is 4.68 Å². The van der Waals surface area contributed by atoms with Crippen molar-refractivity contribution in [3.63, 3.8) is 0 Å². The number of nitrogens with one attached hydrogen (secondary N) is 1. The Bertz CT molecular complexity index is 548. The van der Waals surface area contributed by atoms with Crippen LogP contribution in [0.25, 0.3) is 0 Å². The average molecular weight is 295 g/mol. The van der Waals surface area contributed by atoms with Gasteiger partial charge in [-0.05, 0) is 12.8 Å². The maximum Gasteiger partial charge on any atom is 0.325 e. The largest absolute Gasteiger partial charge is 0.480 e. The van der Waals surface area contributed by atoms with Gasteiger partial charge in [-0.2, -0.15) is 0 Å². The molecule has 9 nitrogen and oxygen atoms in total. The van der Waals surface area contributed by atoms with E-state index in [-0.39, 0.29) is 30.0 Å². The molecule has 114 valence electrons. The predicted molar refractivity (Wildman–Crippen MR) is 70.4 cm³/mol. The fourth-order valence-electron chi connectivity index (χ4n) is 2.32. The topological polar surface area (TPSA) is 117 Å². The van der Waals surface area contributed by atoms with Gasteiger partial charge in [-0.3, -0.25) is 14.4 Å². The molecule has 0 atom stereocenters. The van der Waals surface area contributed by atoms with Crippen LogP contribution in [0.3, 0.4) is 0 Å². The third-order valence-corrected chi connectivity index (χ3v) is 3.45. The van der Waals surface area contributed by atoms with Crippen molar-refractivity contribution in [2.45, 2.75) is 19.4 Å². The summed E-state index contributed by atoms with van der Waals surface area (Å²) in [6.07, 6.45) is 2.53. The summed E-state index contributed by atoms with van der Waals surface area (Å²) in [7, 11) is 1.60. The molecular formula is C12H17N5O4. The molecule has 1 aromatic rings. The summed E-state index contributed by atoms with van der Waals surface area (Å²) >= 11 is 0. The highest BCUT2D eigenvalue weighted by atomic mass is 16.4. The van der Waals surface area contributed by atoms with Gasteiger partial charge < -0.3 is 15.3 Å². The van der Waals surface area contributed by atoms with Gasteiger partial charge in [-0.15, -0.1) is 5.10 Å². The first kappa shape index (κ1) is 14.9. The molecule has 1 aliphatic rings. The number of amides is 2. The van der Waals surface area contributed by atoms with E-state index in [1.165, 1.54) is 6.20 Å². The monoisotopic (exact) mass is 295 g/mol. The standard InChI is InChI=1S/C12H17N5O4/c1-13-11(20)8-2-4-16(5-3-8)12(21)9-6-17(15-14-9)7-10(18)19/h6,8H,2-5,7H2,1H3,(H,13,20)(H,18,19). The molecule has 0 spiro atoms. The lowest BCUT2D eigenvalue weighted by Gasteiger charge is -2.30. The van der Waals surface area contributed by atoms with Crippen molar-refractivity contribution >= 4 is 17.8 Å². The minimum atomic E-state index is -1.05. The number of nitrogens with zero attached hydrogens (tertiary/aromatic N) is 4. The molecular weight excluding hydrogens is 278 g/mol. The zero-order valence-corrected chi connectivity index (χ0v) is 11.7. The van der Waals surface area contributed by atoms with Crippen LogP contribution in [-0.2, 0) is 16.1 Å². The summed E-state index contributed by atoms with van der Waals surface area (Å²) in [6, 6.07) is 0. The molecule has 0 radical (unpaired) electrons. The number of likely N-dealkylation sites (tertiary alicyclic amines) is 1. The second kappa shape index (κ2) is 6.33. The summed E-state index contributed by atoms with van der Waals surface area (Å²) in [4.78, 5) is 35.9. The van der Waals surface area contributed by atoms with Crippen LogP contribution in [0.4, 0.5) is 0 Å². The summed E-state index contributed by atoms with van der Waals surface area (Å²) in [5.41, 5.74) is 0.120. The lowest BCUT2D eigenvalue weighted by atomic mass is 9.96. The Morgan fingerprint density at radius 2 is 2.05 bits per heavy atom. The zero-order valence-electron chi connectivity index (χ0n) is 11.7. The predicted octanol–water partition coefficient (Wildman–Crippen LogP) is -1.04. The molecule has 1 fully saturated rings. The van der Waals surface area contributed by atoms with E-state index in [0.29, 0.717) is 25.9 Å². The first-order valence-electron chi connectivity index (χ1n) is 6.64. The van der Waals surface area contributed by atoms with Gasteiger partial charge in [0.25, 0.3) is 5.91 Å². The van der Waals surface area contributed by atoms with Crippen molar-refractivity contribution < 1.29 is 19.5 Å². The first-order chi connectivity index (χ1) is 10.0. The number of hydrogen-bond acceptors (Lipinski definition) is 5. The molecule has 2 heterocycles. The SMILES string of the molecule is CNC(=O)C1CCN(C(=O)c2cn(CC(=O)O)nn2)CC1. The Kier molecular flexibility index (Phi) is 4.51. The molecule has 2 amide bonds. The van der Waals surface area contributed by atoms with Crippen LogP contribution in [0, 0.1) is 5.92 Å². The van der Waals surface area contributed by atoms with Crippen LogP contribution in [0.5, 0.6) is 0 Å². The highest BCUT2D eigenvalue weighted by molar-refractivity contribution is 5.92. The van der Waals surface area contributed by atoms with Crippen LogP contribution in [0.1, 0.15) is 23.3 Å². The van der Waals surface area contributed by atoms with E-state index in [4.69, 9.17) is 5.11 Å². The molecule has 2 rings (SSSR count). The van der Waals surface area contributed by atoms with Crippen LogP contribution in [0.2, 0.25) is 0 Å². The Hall–Kier alpha value is -2.45. The van der Waals surface area contributed by atoms with Gasteiger partial charge in [0.15, 0.2) is 5.69 Å². The first-order valence-corrected chi connectivity index (χ1v) is 6.64. The van der Waals surface area contributed by atoms with Crippen LogP contribution in [0.15, 0.2) is 6.20 Å². The van der Waals surface area contributed by atoms with E-state index < -0.39 is 5.97 Å². The maximum atomic E-state index is 12.2. The fourth-order valence-corrected chi connectivity index (χ4v) is 2.32. The third kappa shape index (κ3) is 3.56. The fraction of sp³-hybridized carbons (Fsp3) is 0.583.